The van der Waals surface area contributed by atoms with E-state index >= 15 is 0 Å². The molecule has 1 amide bonds. The standard InChI is InChI=1S/C28H35ClFN7O2/c1-4-20-17-36(25-9-8-24(32-18(25)3)26-33-34-28(39-26)31-5-2)14-15-37(20)21-10-12-35(13-11-21)27(38)19-6-7-22(29)23(30)16-19/h6-9,16,20-21H,4-5,10-15,17H2,1-3H3,(H,31,34)/t20-/m0/s1. The third-order valence-corrected chi connectivity index (χ3v) is 8.06. The minimum absolute atomic E-state index is 0.0299. The van der Waals surface area contributed by atoms with Crippen molar-refractivity contribution in [2.75, 3.05) is 49.5 Å². The van der Waals surface area contributed by atoms with Crippen LogP contribution in [-0.4, -0.2) is 82.2 Å². The smallest absolute Gasteiger partial charge is 0.315 e. The first-order valence-electron chi connectivity index (χ1n) is 13.7. The lowest BCUT2D eigenvalue weighted by atomic mass is 9.97. The van der Waals surface area contributed by atoms with Crippen molar-refractivity contribution in [1.82, 2.24) is 25.0 Å². The summed E-state index contributed by atoms with van der Waals surface area (Å²) in [4.78, 5) is 24.6. The number of hydrogen-bond acceptors (Lipinski definition) is 8. The van der Waals surface area contributed by atoms with Crippen molar-refractivity contribution in [3.63, 3.8) is 0 Å². The zero-order valence-electron chi connectivity index (χ0n) is 22.7. The molecule has 0 radical (unpaired) electrons. The van der Waals surface area contributed by atoms with Gasteiger partial charge in [0.05, 0.1) is 16.4 Å². The fraction of sp³-hybridized carbons (Fsp3) is 0.500. The van der Waals surface area contributed by atoms with Crippen molar-refractivity contribution in [1.29, 1.82) is 0 Å². The van der Waals surface area contributed by atoms with E-state index < -0.39 is 5.82 Å². The second-order valence-corrected chi connectivity index (χ2v) is 10.5. The number of nitrogens with zero attached hydrogens (tertiary/aromatic N) is 6. The van der Waals surface area contributed by atoms with E-state index in [1.165, 1.54) is 12.1 Å². The molecular formula is C28H35ClFN7O2. The highest BCUT2D eigenvalue weighted by atomic mass is 35.5. The molecule has 2 aliphatic heterocycles. The van der Waals surface area contributed by atoms with E-state index in [0.717, 1.165) is 50.3 Å². The highest BCUT2D eigenvalue weighted by Crippen LogP contribution is 2.29. The Labute approximate surface area is 233 Å². The number of piperazine rings is 1. The van der Waals surface area contributed by atoms with E-state index in [9.17, 15) is 9.18 Å². The van der Waals surface area contributed by atoms with Gasteiger partial charge >= 0.3 is 6.01 Å². The predicted octanol–water partition coefficient (Wildman–Crippen LogP) is 4.87. The van der Waals surface area contributed by atoms with Gasteiger partial charge in [-0.3, -0.25) is 9.69 Å². The number of anilines is 2. The van der Waals surface area contributed by atoms with E-state index in [4.69, 9.17) is 21.0 Å². The topological polar surface area (TPSA) is 90.6 Å². The molecule has 4 heterocycles. The highest BCUT2D eigenvalue weighted by Gasteiger charge is 2.34. The molecule has 0 unspecified atom stereocenters. The zero-order chi connectivity index (χ0) is 27.5. The number of amides is 1. The van der Waals surface area contributed by atoms with Crippen LogP contribution >= 0.6 is 11.6 Å². The van der Waals surface area contributed by atoms with Gasteiger partial charge in [-0.25, -0.2) is 9.37 Å². The Bertz CT molecular complexity index is 1310. The summed E-state index contributed by atoms with van der Waals surface area (Å²) in [6, 6.07) is 9.54. The summed E-state index contributed by atoms with van der Waals surface area (Å²) in [5.41, 5.74) is 3.08. The Morgan fingerprint density at radius 3 is 2.62 bits per heavy atom. The Morgan fingerprint density at radius 1 is 1.13 bits per heavy atom. The minimum atomic E-state index is -0.561. The number of aromatic nitrogens is 3. The van der Waals surface area contributed by atoms with Crippen molar-refractivity contribution in [2.24, 2.45) is 0 Å². The number of piperidine rings is 1. The Balaban J connectivity index is 1.20. The van der Waals surface area contributed by atoms with E-state index in [-0.39, 0.29) is 10.9 Å². The van der Waals surface area contributed by atoms with Crippen LogP contribution in [0.1, 0.15) is 49.2 Å². The molecule has 0 spiro atoms. The van der Waals surface area contributed by atoms with Gasteiger partial charge in [-0.1, -0.05) is 23.6 Å². The van der Waals surface area contributed by atoms with Gasteiger partial charge in [-0.05, 0) is 63.4 Å². The normalized spacial score (nSPS) is 18.9. The molecule has 5 rings (SSSR count). The summed E-state index contributed by atoms with van der Waals surface area (Å²) in [5.74, 6) is -0.289. The molecule has 2 aromatic heterocycles. The number of nitrogens with one attached hydrogen (secondary N) is 1. The van der Waals surface area contributed by atoms with Crippen LogP contribution in [0.3, 0.4) is 0 Å². The summed E-state index contributed by atoms with van der Waals surface area (Å²) in [6.07, 6.45) is 2.86. The lowest BCUT2D eigenvalue weighted by Crippen LogP contribution is -2.58. The highest BCUT2D eigenvalue weighted by molar-refractivity contribution is 6.30. The van der Waals surface area contributed by atoms with Gasteiger partial charge in [0, 0.05) is 56.9 Å². The molecule has 11 heteroatoms. The van der Waals surface area contributed by atoms with Crippen LogP contribution in [0.15, 0.2) is 34.7 Å². The molecular weight excluding hydrogens is 521 g/mol. The maximum Gasteiger partial charge on any atom is 0.315 e. The molecule has 0 bridgehead atoms. The Hall–Kier alpha value is -3.24. The Kier molecular flexibility index (Phi) is 8.32. The number of aryl methyl sites for hydroxylation is 1. The minimum Gasteiger partial charge on any atom is -0.402 e. The molecule has 2 aliphatic rings. The third kappa shape index (κ3) is 5.86. The van der Waals surface area contributed by atoms with Crippen LogP contribution in [0.4, 0.5) is 16.1 Å². The molecule has 9 nitrogen and oxygen atoms in total. The number of hydrogen-bond donors (Lipinski definition) is 1. The molecule has 1 aromatic carbocycles. The number of pyridine rings is 1. The van der Waals surface area contributed by atoms with Gasteiger partial charge in [0.1, 0.15) is 11.5 Å². The largest absolute Gasteiger partial charge is 0.402 e. The molecule has 1 atom stereocenters. The molecule has 3 aromatic rings. The number of rotatable bonds is 7. The molecule has 0 aliphatic carbocycles. The summed E-state index contributed by atoms with van der Waals surface area (Å²) in [6.45, 7) is 11.1. The van der Waals surface area contributed by atoms with Gasteiger partial charge in [0.25, 0.3) is 11.8 Å². The first-order chi connectivity index (χ1) is 18.9. The monoisotopic (exact) mass is 555 g/mol. The number of likely N-dealkylation sites (tertiary alicyclic amines) is 1. The summed E-state index contributed by atoms with van der Waals surface area (Å²) >= 11 is 5.78. The van der Waals surface area contributed by atoms with Crippen LogP contribution in [0.2, 0.25) is 5.02 Å². The van der Waals surface area contributed by atoms with Gasteiger partial charge < -0.3 is 19.5 Å². The quantitative estimate of drug-likeness (QED) is 0.441. The summed E-state index contributed by atoms with van der Waals surface area (Å²) in [5, 5.41) is 11.2. The maximum atomic E-state index is 13.9. The average molecular weight is 556 g/mol. The number of halogens is 2. The molecule has 2 saturated heterocycles. The molecule has 39 heavy (non-hydrogen) atoms. The second kappa shape index (κ2) is 11.9. The van der Waals surface area contributed by atoms with Crippen molar-refractivity contribution < 1.29 is 13.6 Å². The fourth-order valence-corrected chi connectivity index (χ4v) is 5.82. The number of carbonyl (C=O) groups excluding carboxylic acids is 1. The third-order valence-electron chi connectivity index (χ3n) is 7.76. The Morgan fingerprint density at radius 2 is 1.92 bits per heavy atom. The van der Waals surface area contributed by atoms with E-state index in [2.05, 4.69) is 38.3 Å². The number of carbonyl (C=O) groups is 1. The lowest BCUT2D eigenvalue weighted by molar-refractivity contribution is 0.0491. The fourth-order valence-electron chi connectivity index (χ4n) is 5.70. The van der Waals surface area contributed by atoms with Crippen LogP contribution in [-0.2, 0) is 0 Å². The lowest BCUT2D eigenvalue weighted by Gasteiger charge is -2.48. The van der Waals surface area contributed by atoms with Gasteiger partial charge in [0.15, 0.2) is 0 Å². The van der Waals surface area contributed by atoms with E-state index in [0.29, 0.717) is 54.9 Å². The molecule has 0 saturated carbocycles. The van der Waals surface area contributed by atoms with Crippen LogP contribution in [0, 0.1) is 12.7 Å². The van der Waals surface area contributed by atoms with Gasteiger partial charge in [-0.15, -0.1) is 5.10 Å². The van der Waals surface area contributed by atoms with E-state index in [1.807, 2.05) is 24.8 Å². The second-order valence-electron chi connectivity index (χ2n) is 10.1. The van der Waals surface area contributed by atoms with Crippen molar-refractivity contribution in [2.45, 2.75) is 52.1 Å². The van der Waals surface area contributed by atoms with Crippen LogP contribution in [0.5, 0.6) is 0 Å². The summed E-state index contributed by atoms with van der Waals surface area (Å²) < 4.78 is 19.5. The zero-order valence-corrected chi connectivity index (χ0v) is 23.4. The molecule has 208 valence electrons. The maximum absolute atomic E-state index is 13.9. The van der Waals surface area contributed by atoms with Crippen molar-refractivity contribution >= 4 is 29.2 Å². The van der Waals surface area contributed by atoms with E-state index in [1.54, 1.807) is 6.07 Å². The van der Waals surface area contributed by atoms with Crippen molar-refractivity contribution in [3.8, 4) is 11.6 Å². The van der Waals surface area contributed by atoms with Gasteiger partial charge in [-0.2, -0.15) is 0 Å². The van der Waals surface area contributed by atoms with Crippen molar-refractivity contribution in [3.05, 3.63) is 52.4 Å². The summed E-state index contributed by atoms with van der Waals surface area (Å²) in [7, 11) is 0. The first-order valence-corrected chi connectivity index (χ1v) is 14.1. The van der Waals surface area contributed by atoms with Crippen LogP contribution in [0.25, 0.3) is 11.6 Å². The van der Waals surface area contributed by atoms with Crippen LogP contribution < -0.4 is 10.2 Å². The predicted molar refractivity (Wildman–Crippen MR) is 150 cm³/mol. The average Bonchev–Trinajstić information content (AvgIpc) is 3.43. The first kappa shape index (κ1) is 27.3. The van der Waals surface area contributed by atoms with Gasteiger partial charge in [0.2, 0.25) is 0 Å². The molecule has 1 N–H and O–H groups in total. The SMILES string of the molecule is CCNc1nnc(-c2ccc(N3CCN(C4CCN(C(=O)c5ccc(Cl)c(F)c5)CC4)[C@@H](CC)C3)c(C)n2)o1. The number of benzene rings is 1. The molecule has 2 fully saturated rings.